The summed E-state index contributed by atoms with van der Waals surface area (Å²) < 4.78 is 5.84. The van der Waals surface area contributed by atoms with E-state index in [1.54, 1.807) is 0 Å². The predicted molar refractivity (Wildman–Crippen MR) is 84.3 cm³/mol. The van der Waals surface area contributed by atoms with Crippen LogP contribution in [0.1, 0.15) is 22.3 Å². The molecule has 2 rings (SSSR count). The van der Waals surface area contributed by atoms with Crippen molar-refractivity contribution in [3.8, 4) is 5.75 Å². The van der Waals surface area contributed by atoms with Gasteiger partial charge >= 0.3 is 0 Å². The Bertz CT molecular complexity index is 561. The monoisotopic (exact) mass is 338 g/mol. The van der Waals surface area contributed by atoms with Gasteiger partial charge in [-0.1, -0.05) is 51.8 Å². The zero-order valence-electron chi connectivity index (χ0n) is 11.0. The van der Waals surface area contributed by atoms with E-state index in [-0.39, 0.29) is 0 Å². The highest BCUT2D eigenvalue weighted by Crippen LogP contribution is 2.27. The highest BCUT2D eigenvalue weighted by atomic mass is 79.9. The summed E-state index contributed by atoms with van der Waals surface area (Å²) in [5.74, 6) is 0.731. The first-order valence-corrected chi connectivity index (χ1v) is 7.64. The molecule has 0 N–H and O–H groups in total. The van der Waals surface area contributed by atoms with Gasteiger partial charge in [0.1, 0.15) is 12.4 Å². The maximum Gasteiger partial charge on any atom is 0.138 e. The molecule has 0 heterocycles. The quantitative estimate of drug-likeness (QED) is 0.675. The van der Waals surface area contributed by atoms with Crippen molar-refractivity contribution < 1.29 is 4.74 Å². The number of hydrogen-bond donors (Lipinski definition) is 0. The molecule has 0 saturated carbocycles. The van der Waals surface area contributed by atoms with E-state index in [1.807, 2.05) is 18.2 Å². The third-order valence-corrected chi connectivity index (χ3v) is 4.11. The topological polar surface area (TPSA) is 9.23 Å². The minimum absolute atomic E-state index is 0.548. The number of halogens is 2. The Balaban J connectivity index is 2.15. The molecule has 0 aliphatic heterocycles. The van der Waals surface area contributed by atoms with E-state index in [1.165, 1.54) is 16.7 Å². The summed E-state index contributed by atoms with van der Waals surface area (Å²) in [6.07, 6.45) is 0. The van der Waals surface area contributed by atoms with E-state index < -0.39 is 0 Å². The molecule has 2 aromatic rings. The smallest absolute Gasteiger partial charge is 0.138 e. The highest BCUT2D eigenvalue weighted by Gasteiger charge is 2.06. The van der Waals surface area contributed by atoms with Crippen LogP contribution in [0.15, 0.2) is 36.4 Å². The van der Waals surface area contributed by atoms with Gasteiger partial charge in [-0.25, -0.2) is 0 Å². The predicted octanol–water partition coefficient (Wildman–Crippen LogP) is 5.43. The number of rotatable bonds is 4. The van der Waals surface area contributed by atoms with Crippen molar-refractivity contribution in [2.75, 3.05) is 0 Å². The molecule has 0 aliphatic carbocycles. The fraction of sp³-hybridized carbons (Fsp3) is 0.250. The van der Waals surface area contributed by atoms with Crippen LogP contribution in [-0.2, 0) is 11.9 Å². The first kappa shape index (κ1) is 14.4. The molecule has 0 saturated heterocycles. The zero-order chi connectivity index (χ0) is 13.8. The average Bonchev–Trinajstić information content (AvgIpc) is 2.39. The second-order valence-corrected chi connectivity index (χ2v) is 5.53. The third-order valence-electron chi connectivity index (χ3n) is 3.17. The van der Waals surface area contributed by atoms with Crippen molar-refractivity contribution in [2.45, 2.75) is 25.8 Å². The van der Waals surface area contributed by atoms with E-state index in [9.17, 15) is 0 Å². The van der Waals surface area contributed by atoms with Gasteiger partial charge in [0.2, 0.25) is 0 Å². The van der Waals surface area contributed by atoms with Crippen molar-refractivity contribution in [2.24, 2.45) is 0 Å². The fourth-order valence-corrected chi connectivity index (χ4v) is 2.58. The number of benzene rings is 2. The van der Waals surface area contributed by atoms with Crippen molar-refractivity contribution in [1.82, 2.24) is 0 Å². The summed E-state index contributed by atoms with van der Waals surface area (Å²) >= 11 is 9.62. The molecule has 3 heteroatoms. The summed E-state index contributed by atoms with van der Waals surface area (Å²) in [7, 11) is 0. The molecule has 0 aliphatic rings. The number of aryl methyl sites for hydroxylation is 2. The molecule has 0 radical (unpaired) electrons. The summed E-state index contributed by atoms with van der Waals surface area (Å²) in [6.45, 7) is 4.74. The van der Waals surface area contributed by atoms with Gasteiger partial charge in [-0.05, 0) is 48.2 Å². The first-order valence-electron chi connectivity index (χ1n) is 6.14. The maximum absolute atomic E-state index is 6.21. The summed E-state index contributed by atoms with van der Waals surface area (Å²) in [6, 6.07) is 12.1. The summed E-state index contributed by atoms with van der Waals surface area (Å²) in [5.41, 5.74) is 4.86. The van der Waals surface area contributed by atoms with Crippen molar-refractivity contribution >= 4 is 27.5 Å². The van der Waals surface area contributed by atoms with Crippen LogP contribution in [0.3, 0.4) is 0 Å². The Morgan fingerprint density at radius 1 is 1.11 bits per heavy atom. The largest absolute Gasteiger partial charge is 0.487 e. The molecule has 0 unspecified atom stereocenters. The highest BCUT2D eigenvalue weighted by molar-refractivity contribution is 9.08. The van der Waals surface area contributed by atoms with Gasteiger partial charge in [0.05, 0.1) is 5.02 Å². The van der Waals surface area contributed by atoms with Crippen LogP contribution in [0.4, 0.5) is 0 Å². The summed E-state index contributed by atoms with van der Waals surface area (Å²) in [5, 5.41) is 1.45. The van der Waals surface area contributed by atoms with E-state index in [0.29, 0.717) is 11.6 Å². The Hall–Kier alpha value is -0.990. The van der Waals surface area contributed by atoms with Crippen LogP contribution < -0.4 is 4.74 Å². The lowest BCUT2D eigenvalue weighted by Crippen LogP contribution is -2.01. The SMILES string of the molecule is Cc1cccc(C)c1COc1ccc(CBr)cc1Cl. The Morgan fingerprint density at radius 2 is 1.79 bits per heavy atom. The van der Waals surface area contributed by atoms with Gasteiger partial charge in [-0.2, -0.15) is 0 Å². The normalized spacial score (nSPS) is 10.5. The van der Waals surface area contributed by atoms with Gasteiger partial charge in [0.15, 0.2) is 0 Å². The Labute approximate surface area is 127 Å². The van der Waals surface area contributed by atoms with Crippen LogP contribution in [0.25, 0.3) is 0 Å². The van der Waals surface area contributed by atoms with Crippen molar-refractivity contribution in [3.05, 3.63) is 63.7 Å². The van der Waals surface area contributed by atoms with Crippen LogP contribution in [0, 0.1) is 13.8 Å². The molecule has 0 spiro atoms. The Morgan fingerprint density at radius 3 is 2.37 bits per heavy atom. The maximum atomic E-state index is 6.21. The first-order chi connectivity index (χ1) is 9.11. The minimum Gasteiger partial charge on any atom is -0.487 e. The zero-order valence-corrected chi connectivity index (χ0v) is 13.4. The van der Waals surface area contributed by atoms with Gasteiger partial charge in [0, 0.05) is 5.33 Å². The fourth-order valence-electron chi connectivity index (χ4n) is 1.97. The van der Waals surface area contributed by atoms with E-state index >= 15 is 0 Å². The standard InChI is InChI=1S/C16H16BrClO/c1-11-4-3-5-12(2)14(11)10-19-16-7-6-13(9-17)8-15(16)18/h3-8H,9-10H2,1-2H3. The van der Waals surface area contributed by atoms with Crippen LogP contribution in [-0.4, -0.2) is 0 Å². The van der Waals surface area contributed by atoms with Crippen LogP contribution in [0.5, 0.6) is 5.75 Å². The molecule has 0 aromatic heterocycles. The van der Waals surface area contributed by atoms with E-state index in [4.69, 9.17) is 16.3 Å². The molecule has 100 valence electrons. The number of alkyl halides is 1. The molecule has 0 amide bonds. The van der Waals surface area contributed by atoms with E-state index in [2.05, 4.69) is 48.0 Å². The molecule has 2 aromatic carbocycles. The average molecular weight is 340 g/mol. The Kier molecular flexibility index (Phi) is 4.89. The second kappa shape index (κ2) is 6.44. The van der Waals surface area contributed by atoms with Gasteiger partial charge < -0.3 is 4.74 Å². The molecule has 0 bridgehead atoms. The molecular formula is C16H16BrClO. The second-order valence-electron chi connectivity index (χ2n) is 4.56. The molecule has 0 atom stereocenters. The van der Waals surface area contributed by atoms with Crippen LogP contribution in [0.2, 0.25) is 5.02 Å². The lowest BCUT2D eigenvalue weighted by molar-refractivity contribution is 0.305. The molecule has 1 nitrogen and oxygen atoms in total. The third kappa shape index (κ3) is 3.52. The minimum atomic E-state index is 0.548. The van der Waals surface area contributed by atoms with Gasteiger partial charge in [-0.15, -0.1) is 0 Å². The summed E-state index contributed by atoms with van der Waals surface area (Å²) in [4.78, 5) is 0. The molecular weight excluding hydrogens is 324 g/mol. The van der Waals surface area contributed by atoms with Crippen molar-refractivity contribution in [3.63, 3.8) is 0 Å². The molecule has 19 heavy (non-hydrogen) atoms. The number of hydrogen-bond acceptors (Lipinski definition) is 1. The van der Waals surface area contributed by atoms with Gasteiger partial charge in [0.25, 0.3) is 0 Å². The van der Waals surface area contributed by atoms with Crippen LogP contribution >= 0.6 is 27.5 Å². The van der Waals surface area contributed by atoms with E-state index in [0.717, 1.165) is 16.6 Å². The van der Waals surface area contributed by atoms with Gasteiger partial charge in [-0.3, -0.25) is 0 Å². The lowest BCUT2D eigenvalue weighted by Gasteiger charge is -2.12. The molecule has 0 fully saturated rings. The number of ether oxygens (including phenoxy) is 1. The lowest BCUT2D eigenvalue weighted by atomic mass is 10.0. The van der Waals surface area contributed by atoms with Crippen molar-refractivity contribution in [1.29, 1.82) is 0 Å².